The van der Waals surface area contributed by atoms with Crippen LogP contribution in [-0.2, 0) is 0 Å². The Morgan fingerprint density at radius 1 is 1.21 bits per heavy atom. The third-order valence-electron chi connectivity index (χ3n) is 4.00. The van der Waals surface area contributed by atoms with E-state index < -0.39 is 0 Å². The second-order valence-electron chi connectivity index (χ2n) is 5.84. The summed E-state index contributed by atoms with van der Waals surface area (Å²) < 4.78 is 0. The van der Waals surface area contributed by atoms with Gasteiger partial charge in [-0.05, 0) is 39.0 Å². The van der Waals surface area contributed by atoms with Gasteiger partial charge in [0.15, 0.2) is 0 Å². The number of nitrogens with zero attached hydrogens (tertiary/aromatic N) is 2. The van der Waals surface area contributed by atoms with Gasteiger partial charge in [-0.15, -0.1) is 0 Å². The zero-order valence-corrected chi connectivity index (χ0v) is 15.8. The molecule has 0 saturated carbocycles. The Kier molecular flexibility index (Phi) is 9.59. The number of allylic oxidation sites excluding steroid dienone is 4. The molecule has 2 nitrogen and oxygen atoms in total. The van der Waals surface area contributed by atoms with Crippen molar-refractivity contribution in [2.45, 2.75) is 53.4 Å². The van der Waals surface area contributed by atoms with Crippen LogP contribution in [0.3, 0.4) is 0 Å². The number of rotatable bonds is 9. The highest BCUT2D eigenvalue weighted by Crippen LogP contribution is 2.15. The summed E-state index contributed by atoms with van der Waals surface area (Å²) in [5, 5.41) is 0. The number of hydrogen-bond donors (Lipinski definition) is 0. The zero-order chi connectivity index (χ0) is 17.8. The van der Waals surface area contributed by atoms with Crippen LogP contribution in [0.1, 0.15) is 40.5 Å². The summed E-state index contributed by atoms with van der Waals surface area (Å²) in [6, 6.07) is 10.8. The number of aliphatic imine (C=N–C) groups is 1. The first-order valence-electron chi connectivity index (χ1n) is 9.00. The highest BCUT2D eigenvalue weighted by atomic mass is 15.1. The summed E-state index contributed by atoms with van der Waals surface area (Å²) in [6.45, 7) is 11.1. The zero-order valence-electron chi connectivity index (χ0n) is 15.8. The Bertz CT molecular complexity index is 573. The van der Waals surface area contributed by atoms with Crippen molar-refractivity contribution < 1.29 is 0 Å². The van der Waals surface area contributed by atoms with Crippen LogP contribution in [0.5, 0.6) is 0 Å². The molecule has 1 atom stereocenters. The van der Waals surface area contributed by atoms with Gasteiger partial charge >= 0.3 is 0 Å². The number of hydrogen-bond acceptors (Lipinski definition) is 2. The van der Waals surface area contributed by atoms with Gasteiger partial charge in [-0.25, -0.2) is 0 Å². The van der Waals surface area contributed by atoms with Crippen LogP contribution in [0.2, 0.25) is 6.82 Å². The highest BCUT2D eigenvalue weighted by molar-refractivity contribution is 6.69. The summed E-state index contributed by atoms with van der Waals surface area (Å²) in [5.41, 5.74) is 2.40. The minimum atomic E-state index is 0.196. The summed E-state index contributed by atoms with van der Waals surface area (Å²) in [6.07, 6.45) is 14.6. The van der Waals surface area contributed by atoms with E-state index in [1.165, 1.54) is 5.46 Å². The molecule has 0 aliphatic carbocycles. The third kappa shape index (κ3) is 6.23. The van der Waals surface area contributed by atoms with Gasteiger partial charge in [0.1, 0.15) is 0 Å². The van der Waals surface area contributed by atoms with Crippen molar-refractivity contribution in [3.63, 3.8) is 0 Å². The minimum absolute atomic E-state index is 0.196. The fraction of sp³-hybridized carbons (Fsp3) is 0.381. The van der Waals surface area contributed by atoms with Crippen LogP contribution < -0.4 is 5.46 Å². The Balaban J connectivity index is 3.16. The van der Waals surface area contributed by atoms with Gasteiger partial charge in [0.2, 0.25) is 0 Å². The van der Waals surface area contributed by atoms with Crippen molar-refractivity contribution in [1.29, 1.82) is 0 Å². The van der Waals surface area contributed by atoms with E-state index in [1.54, 1.807) is 0 Å². The van der Waals surface area contributed by atoms with Gasteiger partial charge in [0, 0.05) is 6.21 Å². The van der Waals surface area contributed by atoms with E-state index in [0.29, 0.717) is 0 Å². The summed E-state index contributed by atoms with van der Waals surface area (Å²) in [5.74, 6) is 0. The van der Waals surface area contributed by atoms with E-state index in [-0.39, 0.29) is 12.9 Å². The Labute approximate surface area is 148 Å². The molecule has 0 amide bonds. The van der Waals surface area contributed by atoms with Crippen molar-refractivity contribution >= 4 is 18.5 Å². The third-order valence-corrected chi connectivity index (χ3v) is 4.00. The molecule has 0 aromatic heterocycles. The maximum absolute atomic E-state index is 4.69. The molecule has 0 N–H and O–H groups in total. The highest BCUT2D eigenvalue weighted by Gasteiger charge is 2.24. The first-order valence-corrected chi connectivity index (χ1v) is 9.00. The number of benzene rings is 1. The molecule has 24 heavy (non-hydrogen) atoms. The molecule has 0 saturated heterocycles. The summed E-state index contributed by atoms with van der Waals surface area (Å²) in [4.78, 5) is 7.08. The quantitative estimate of drug-likeness (QED) is 0.352. The lowest BCUT2D eigenvalue weighted by Crippen LogP contribution is -2.47. The average Bonchev–Trinajstić information content (AvgIpc) is 2.62. The van der Waals surface area contributed by atoms with E-state index in [1.807, 2.05) is 19.2 Å². The Hall–Kier alpha value is -2.03. The molecule has 0 spiro atoms. The van der Waals surface area contributed by atoms with E-state index in [4.69, 9.17) is 4.99 Å². The molecule has 0 aliphatic heterocycles. The lowest BCUT2D eigenvalue weighted by Gasteiger charge is -2.33. The monoisotopic (exact) mass is 322 g/mol. The molecule has 0 aliphatic rings. The molecule has 1 rings (SSSR count). The van der Waals surface area contributed by atoms with E-state index in [2.05, 4.69) is 87.2 Å². The fourth-order valence-electron chi connectivity index (χ4n) is 2.56. The molecule has 3 heteroatoms. The predicted molar refractivity (Wildman–Crippen MR) is 110 cm³/mol. The van der Waals surface area contributed by atoms with Crippen LogP contribution in [-0.4, -0.2) is 23.9 Å². The lowest BCUT2D eigenvalue weighted by atomic mass is 9.56. The first-order chi connectivity index (χ1) is 11.7. The second kappa shape index (κ2) is 11.5. The van der Waals surface area contributed by atoms with Crippen molar-refractivity contribution in [2.24, 2.45) is 4.99 Å². The maximum atomic E-state index is 4.69. The van der Waals surface area contributed by atoms with E-state index in [0.717, 1.165) is 18.5 Å². The topological polar surface area (TPSA) is 15.6 Å². The molecule has 0 fully saturated rings. The van der Waals surface area contributed by atoms with E-state index in [9.17, 15) is 0 Å². The molecule has 0 radical (unpaired) electrons. The maximum Gasteiger partial charge on any atom is 0.285 e. The Morgan fingerprint density at radius 3 is 2.50 bits per heavy atom. The first kappa shape index (κ1) is 20.0. The van der Waals surface area contributed by atoms with Gasteiger partial charge in [0.25, 0.3) is 6.85 Å². The smallest absolute Gasteiger partial charge is 0.285 e. The standard InChI is InChI=1S/C21H31BN2/c1-6-9-16-21(23-17-8-3)19(4)24(18-10-7-2)22(5)20-14-12-11-13-15-20/h6,9-19H,7-8H2,1-5H3/b9-6-,18-10-,21-16-,23-17+. The summed E-state index contributed by atoms with van der Waals surface area (Å²) >= 11 is 0. The van der Waals surface area contributed by atoms with Crippen molar-refractivity contribution in [2.75, 3.05) is 0 Å². The van der Waals surface area contributed by atoms with Gasteiger partial charge < -0.3 is 4.81 Å². The molecule has 128 valence electrons. The largest absolute Gasteiger partial charge is 0.409 e. The van der Waals surface area contributed by atoms with Crippen LogP contribution in [0.15, 0.2) is 71.5 Å². The predicted octanol–water partition coefficient (Wildman–Crippen LogP) is 5.07. The fourth-order valence-corrected chi connectivity index (χ4v) is 2.56. The van der Waals surface area contributed by atoms with Crippen LogP contribution >= 0.6 is 0 Å². The SMILES string of the molecule is C\C=C/C=C(\N=C\CC)C(C)N(/C=C\CC)B(C)c1ccccc1. The molecule has 1 unspecified atom stereocenters. The minimum Gasteiger partial charge on any atom is -0.409 e. The molecule has 0 bridgehead atoms. The van der Waals surface area contributed by atoms with Crippen LogP contribution in [0, 0.1) is 0 Å². The molecule has 1 aromatic rings. The Morgan fingerprint density at radius 2 is 1.92 bits per heavy atom. The van der Waals surface area contributed by atoms with Crippen molar-refractivity contribution in [3.8, 4) is 0 Å². The molecule has 1 aromatic carbocycles. The van der Waals surface area contributed by atoms with Gasteiger partial charge in [-0.1, -0.05) is 74.7 Å². The normalized spacial score (nSPS) is 14.0. The van der Waals surface area contributed by atoms with Gasteiger partial charge in [0.05, 0.1) is 11.7 Å². The van der Waals surface area contributed by atoms with Crippen LogP contribution in [0.4, 0.5) is 0 Å². The lowest BCUT2D eigenvalue weighted by molar-refractivity contribution is 0.493. The van der Waals surface area contributed by atoms with Crippen molar-refractivity contribution in [1.82, 2.24) is 4.81 Å². The van der Waals surface area contributed by atoms with Crippen molar-refractivity contribution in [3.05, 3.63) is 66.5 Å². The molecule has 0 heterocycles. The summed E-state index contributed by atoms with van der Waals surface area (Å²) in [7, 11) is 0. The van der Waals surface area contributed by atoms with Gasteiger partial charge in [-0.3, -0.25) is 4.99 Å². The molecular formula is C21H31BN2. The van der Waals surface area contributed by atoms with Gasteiger partial charge in [-0.2, -0.15) is 0 Å². The second-order valence-corrected chi connectivity index (χ2v) is 5.84. The average molecular weight is 322 g/mol. The van der Waals surface area contributed by atoms with E-state index >= 15 is 0 Å². The van der Waals surface area contributed by atoms with Crippen LogP contribution in [0.25, 0.3) is 0 Å². The molecular weight excluding hydrogens is 291 g/mol.